The Morgan fingerprint density at radius 1 is 1.25 bits per heavy atom. The van der Waals surface area contributed by atoms with E-state index in [4.69, 9.17) is 15.9 Å². The Bertz CT molecular complexity index is 686. The van der Waals surface area contributed by atoms with Crippen molar-refractivity contribution < 1.29 is 9.34 Å². The number of guanidine groups is 1. The molecule has 20 heavy (non-hydrogen) atoms. The number of rotatable bonds is 4. The molecule has 1 heterocycles. The molecule has 0 aliphatic rings. The minimum Gasteiger partial charge on any atom is -0.455 e. The van der Waals surface area contributed by atoms with Crippen LogP contribution in [-0.4, -0.2) is 17.1 Å². The first-order valence-corrected chi connectivity index (χ1v) is 5.53. The summed E-state index contributed by atoms with van der Waals surface area (Å²) in [6.45, 7) is 0. The van der Waals surface area contributed by atoms with Gasteiger partial charge in [-0.25, -0.2) is 0 Å². The third kappa shape index (κ3) is 2.99. The molecule has 102 valence electrons. The van der Waals surface area contributed by atoms with Crippen molar-refractivity contribution in [2.45, 2.75) is 0 Å². The zero-order valence-electron chi connectivity index (χ0n) is 10.3. The van der Waals surface area contributed by atoms with Crippen LogP contribution < -0.4 is 11.5 Å². The lowest BCUT2D eigenvalue weighted by atomic mass is 10.1. The van der Waals surface area contributed by atoms with E-state index in [1.165, 1.54) is 12.3 Å². The zero-order chi connectivity index (χ0) is 14.5. The van der Waals surface area contributed by atoms with Crippen LogP contribution in [0.4, 0.5) is 5.69 Å². The molecule has 0 fully saturated rings. The van der Waals surface area contributed by atoms with E-state index in [0.29, 0.717) is 17.1 Å². The van der Waals surface area contributed by atoms with E-state index in [9.17, 15) is 10.1 Å². The van der Waals surface area contributed by atoms with Gasteiger partial charge in [0.05, 0.1) is 16.7 Å². The van der Waals surface area contributed by atoms with Gasteiger partial charge in [-0.3, -0.25) is 10.1 Å². The standard InChI is InChI=1S/C12H11N5O3/c13-12(14)16-15-7-8-5-6-11(20-8)9-3-1-2-4-10(9)17(18)19/h1-7H,(H4,13,14,16)/b15-7-. The molecule has 8 nitrogen and oxygen atoms in total. The third-order valence-electron chi connectivity index (χ3n) is 2.35. The van der Waals surface area contributed by atoms with Gasteiger partial charge in [-0.2, -0.15) is 5.10 Å². The van der Waals surface area contributed by atoms with Crippen molar-refractivity contribution in [3.05, 3.63) is 52.3 Å². The molecular weight excluding hydrogens is 262 g/mol. The Kier molecular flexibility index (Phi) is 3.75. The average molecular weight is 273 g/mol. The summed E-state index contributed by atoms with van der Waals surface area (Å²) in [5, 5.41) is 18.0. The predicted octanol–water partition coefficient (Wildman–Crippen LogP) is 1.46. The molecule has 0 radical (unpaired) electrons. The first-order valence-electron chi connectivity index (χ1n) is 5.53. The van der Waals surface area contributed by atoms with E-state index in [1.807, 2.05) is 0 Å². The fourth-order valence-electron chi connectivity index (χ4n) is 1.56. The van der Waals surface area contributed by atoms with E-state index < -0.39 is 4.92 Å². The van der Waals surface area contributed by atoms with Crippen LogP contribution in [0.3, 0.4) is 0 Å². The van der Waals surface area contributed by atoms with Gasteiger partial charge in [0.1, 0.15) is 11.5 Å². The summed E-state index contributed by atoms with van der Waals surface area (Å²) >= 11 is 0. The van der Waals surface area contributed by atoms with Crippen LogP contribution in [-0.2, 0) is 0 Å². The number of nitrogens with two attached hydrogens (primary N) is 2. The molecule has 0 atom stereocenters. The van der Waals surface area contributed by atoms with Crippen molar-refractivity contribution in [1.29, 1.82) is 0 Å². The maximum atomic E-state index is 10.9. The summed E-state index contributed by atoms with van der Waals surface area (Å²) in [5.74, 6) is 0.568. The van der Waals surface area contributed by atoms with Crippen molar-refractivity contribution in [2.75, 3.05) is 0 Å². The Labute approximate surface area is 113 Å². The van der Waals surface area contributed by atoms with Gasteiger partial charge in [0.15, 0.2) is 0 Å². The maximum Gasteiger partial charge on any atom is 0.280 e. The lowest BCUT2D eigenvalue weighted by Gasteiger charge is -1.98. The molecule has 0 amide bonds. The second kappa shape index (κ2) is 5.65. The van der Waals surface area contributed by atoms with Crippen LogP contribution in [0.5, 0.6) is 0 Å². The monoisotopic (exact) mass is 273 g/mol. The van der Waals surface area contributed by atoms with E-state index in [2.05, 4.69) is 10.2 Å². The van der Waals surface area contributed by atoms with Crippen molar-refractivity contribution in [1.82, 2.24) is 0 Å². The lowest BCUT2D eigenvalue weighted by Crippen LogP contribution is -2.21. The van der Waals surface area contributed by atoms with Crippen molar-refractivity contribution in [3.63, 3.8) is 0 Å². The zero-order valence-corrected chi connectivity index (χ0v) is 10.3. The fraction of sp³-hybridized carbons (Fsp3) is 0. The Morgan fingerprint density at radius 2 is 2.00 bits per heavy atom. The fourth-order valence-corrected chi connectivity index (χ4v) is 1.56. The number of nitro groups is 1. The normalized spacial score (nSPS) is 10.6. The molecule has 2 aromatic rings. The van der Waals surface area contributed by atoms with Gasteiger partial charge in [0, 0.05) is 6.07 Å². The number of furan rings is 1. The number of benzene rings is 1. The van der Waals surface area contributed by atoms with Crippen molar-refractivity contribution in [2.24, 2.45) is 21.7 Å². The Hall–Kier alpha value is -3.16. The van der Waals surface area contributed by atoms with E-state index in [0.717, 1.165) is 0 Å². The number of nitrogens with zero attached hydrogens (tertiary/aromatic N) is 3. The van der Waals surface area contributed by atoms with Gasteiger partial charge in [-0.05, 0) is 18.2 Å². The van der Waals surface area contributed by atoms with E-state index in [1.54, 1.807) is 30.3 Å². The number of hydrogen-bond acceptors (Lipinski definition) is 5. The average Bonchev–Trinajstić information content (AvgIpc) is 2.87. The Morgan fingerprint density at radius 3 is 2.70 bits per heavy atom. The molecule has 2 rings (SSSR count). The van der Waals surface area contributed by atoms with Crippen LogP contribution in [0, 0.1) is 10.1 Å². The molecule has 0 spiro atoms. The predicted molar refractivity (Wildman–Crippen MR) is 74.2 cm³/mol. The smallest absolute Gasteiger partial charge is 0.280 e. The number of nitro benzene ring substituents is 1. The van der Waals surface area contributed by atoms with Gasteiger partial charge < -0.3 is 15.9 Å². The third-order valence-corrected chi connectivity index (χ3v) is 2.35. The molecule has 1 aromatic heterocycles. The number of para-hydroxylation sites is 1. The molecule has 0 saturated carbocycles. The summed E-state index contributed by atoms with van der Waals surface area (Å²) in [4.78, 5) is 10.5. The van der Waals surface area contributed by atoms with Gasteiger partial charge in [0.2, 0.25) is 5.96 Å². The molecule has 1 aromatic carbocycles. The topological polar surface area (TPSA) is 133 Å². The highest BCUT2D eigenvalue weighted by molar-refractivity contribution is 5.80. The summed E-state index contributed by atoms with van der Waals surface area (Å²) in [5.41, 5.74) is 10.6. The summed E-state index contributed by atoms with van der Waals surface area (Å²) in [6, 6.07) is 9.51. The second-order valence-corrected chi connectivity index (χ2v) is 3.75. The van der Waals surface area contributed by atoms with Crippen molar-refractivity contribution in [3.8, 4) is 11.3 Å². The van der Waals surface area contributed by atoms with Crippen LogP contribution in [0.15, 0.2) is 51.0 Å². The second-order valence-electron chi connectivity index (χ2n) is 3.75. The molecule has 8 heteroatoms. The minimum atomic E-state index is -0.467. The van der Waals surface area contributed by atoms with Crippen LogP contribution in [0.1, 0.15) is 5.76 Å². The van der Waals surface area contributed by atoms with Crippen LogP contribution in [0.2, 0.25) is 0 Å². The molecule has 0 saturated heterocycles. The quantitative estimate of drug-likeness (QED) is 0.376. The SMILES string of the molecule is NC(N)=N/N=C\c1ccc(-c2ccccc2[N+](=O)[O-])o1. The van der Waals surface area contributed by atoms with E-state index in [-0.39, 0.29) is 11.6 Å². The van der Waals surface area contributed by atoms with Gasteiger partial charge in [-0.1, -0.05) is 12.1 Å². The highest BCUT2D eigenvalue weighted by Crippen LogP contribution is 2.30. The first kappa shape index (κ1) is 13.3. The highest BCUT2D eigenvalue weighted by Gasteiger charge is 2.16. The largest absolute Gasteiger partial charge is 0.455 e. The highest BCUT2D eigenvalue weighted by atomic mass is 16.6. The van der Waals surface area contributed by atoms with Gasteiger partial charge >= 0.3 is 0 Å². The van der Waals surface area contributed by atoms with Crippen LogP contribution >= 0.6 is 0 Å². The molecule has 0 unspecified atom stereocenters. The van der Waals surface area contributed by atoms with Gasteiger partial charge in [0.25, 0.3) is 5.69 Å². The van der Waals surface area contributed by atoms with Crippen molar-refractivity contribution >= 4 is 17.9 Å². The minimum absolute atomic E-state index is 0.0328. The van der Waals surface area contributed by atoms with E-state index >= 15 is 0 Å². The maximum absolute atomic E-state index is 10.9. The molecule has 4 N–H and O–H groups in total. The number of hydrogen-bond donors (Lipinski definition) is 2. The van der Waals surface area contributed by atoms with Gasteiger partial charge in [-0.15, -0.1) is 5.10 Å². The Balaban J connectivity index is 2.32. The summed E-state index contributed by atoms with van der Waals surface area (Å²) in [7, 11) is 0. The molecule has 0 aliphatic heterocycles. The summed E-state index contributed by atoms with van der Waals surface area (Å²) in [6.07, 6.45) is 1.30. The van der Waals surface area contributed by atoms with Crippen LogP contribution in [0.25, 0.3) is 11.3 Å². The molecular formula is C12H11N5O3. The first-order chi connectivity index (χ1) is 9.58. The summed E-state index contributed by atoms with van der Waals surface area (Å²) < 4.78 is 5.44. The molecule has 0 aliphatic carbocycles. The lowest BCUT2D eigenvalue weighted by molar-refractivity contribution is -0.384. The molecule has 0 bridgehead atoms.